The number of carbonyl (C=O) groups excluding carboxylic acids is 1. The number of nitrogens with one attached hydrogen (secondary N) is 1. The minimum absolute atomic E-state index is 0.0293. The van der Waals surface area contributed by atoms with Gasteiger partial charge < -0.3 is 15.6 Å². The summed E-state index contributed by atoms with van der Waals surface area (Å²) in [5.41, 5.74) is -0.422. The molecule has 0 radical (unpaired) electrons. The van der Waals surface area contributed by atoms with Gasteiger partial charge in [0.2, 0.25) is 5.88 Å². The van der Waals surface area contributed by atoms with Gasteiger partial charge in [0.25, 0.3) is 11.5 Å². The Labute approximate surface area is 149 Å². The molecule has 8 heteroatoms. The Morgan fingerprint density at radius 2 is 1.84 bits per heavy atom. The first-order chi connectivity index (χ1) is 11.9. The number of benzene rings is 2. The summed E-state index contributed by atoms with van der Waals surface area (Å²) in [5.74, 6) is -1.93. The average Bonchev–Trinajstić information content (AvgIpc) is 2.60. The van der Waals surface area contributed by atoms with Crippen LogP contribution in [0.15, 0.2) is 51.7 Å². The summed E-state index contributed by atoms with van der Waals surface area (Å²) in [6, 6.07) is 10.1. The lowest BCUT2D eigenvalue weighted by molar-refractivity contribution is 0.0935. The second-order valence-corrected chi connectivity index (χ2v) is 6.23. The molecule has 25 heavy (non-hydrogen) atoms. The molecule has 0 unspecified atom stereocenters. The van der Waals surface area contributed by atoms with Crippen molar-refractivity contribution in [3.8, 4) is 5.88 Å². The van der Waals surface area contributed by atoms with Crippen molar-refractivity contribution >= 4 is 32.6 Å². The van der Waals surface area contributed by atoms with Crippen molar-refractivity contribution in [2.24, 2.45) is 0 Å². The predicted octanol–water partition coefficient (Wildman–Crippen LogP) is 2.78. The fraction of sp³-hybridized carbons (Fsp3) is 0.0588. The third kappa shape index (κ3) is 3.20. The molecule has 1 aromatic heterocycles. The molecule has 1 heterocycles. The topological polar surface area (TPSA) is 91.6 Å². The van der Waals surface area contributed by atoms with E-state index in [-0.39, 0.29) is 27.6 Å². The van der Waals surface area contributed by atoms with Crippen LogP contribution in [-0.4, -0.2) is 21.0 Å². The molecule has 128 valence electrons. The van der Waals surface area contributed by atoms with Gasteiger partial charge in [-0.3, -0.25) is 9.59 Å². The molecule has 2 aromatic carbocycles. The molecular formula is C17H12BrFN2O4. The van der Waals surface area contributed by atoms with Crippen molar-refractivity contribution < 1.29 is 19.5 Å². The van der Waals surface area contributed by atoms with Crippen molar-refractivity contribution in [3.05, 3.63) is 74.2 Å². The van der Waals surface area contributed by atoms with E-state index in [0.29, 0.717) is 10.0 Å². The maximum atomic E-state index is 12.9. The molecule has 6 nitrogen and oxygen atoms in total. The van der Waals surface area contributed by atoms with E-state index in [4.69, 9.17) is 0 Å². The maximum Gasteiger partial charge on any atom is 0.294 e. The minimum Gasteiger partial charge on any atom is -0.492 e. The first-order valence-corrected chi connectivity index (χ1v) is 7.97. The molecule has 0 bridgehead atoms. The minimum atomic E-state index is -0.851. The lowest BCUT2D eigenvalue weighted by Gasteiger charge is -2.12. The fourth-order valence-electron chi connectivity index (χ4n) is 2.44. The largest absolute Gasteiger partial charge is 0.492 e. The van der Waals surface area contributed by atoms with E-state index in [2.05, 4.69) is 21.2 Å². The molecule has 0 saturated heterocycles. The molecule has 0 saturated carbocycles. The molecule has 0 aliphatic carbocycles. The summed E-state index contributed by atoms with van der Waals surface area (Å²) in [4.78, 5) is 24.5. The van der Waals surface area contributed by atoms with E-state index >= 15 is 0 Å². The normalized spacial score (nSPS) is 10.8. The van der Waals surface area contributed by atoms with Gasteiger partial charge in [-0.15, -0.1) is 4.73 Å². The monoisotopic (exact) mass is 406 g/mol. The van der Waals surface area contributed by atoms with Crippen LogP contribution in [0.25, 0.3) is 10.8 Å². The highest BCUT2D eigenvalue weighted by Crippen LogP contribution is 2.26. The van der Waals surface area contributed by atoms with Gasteiger partial charge in [-0.25, -0.2) is 4.39 Å². The molecular weight excluding hydrogens is 395 g/mol. The molecule has 0 fully saturated rings. The number of aromatic nitrogens is 1. The highest BCUT2D eigenvalue weighted by atomic mass is 79.9. The SMILES string of the molecule is O=C(NCc1ccc(F)cc1)c1c(O)n(O)c(=O)c2cc(Br)ccc12. The number of hydrogen-bond donors (Lipinski definition) is 3. The highest BCUT2D eigenvalue weighted by molar-refractivity contribution is 9.10. The number of fused-ring (bicyclic) bond motifs is 1. The Morgan fingerprint density at radius 3 is 2.52 bits per heavy atom. The van der Waals surface area contributed by atoms with Crippen molar-refractivity contribution in [3.63, 3.8) is 0 Å². The number of aromatic hydroxyl groups is 1. The van der Waals surface area contributed by atoms with Crippen LogP contribution in [0.3, 0.4) is 0 Å². The first-order valence-electron chi connectivity index (χ1n) is 7.17. The van der Waals surface area contributed by atoms with Crippen molar-refractivity contribution in [2.45, 2.75) is 6.54 Å². The van der Waals surface area contributed by atoms with Crippen LogP contribution in [0.2, 0.25) is 0 Å². The van der Waals surface area contributed by atoms with E-state index in [0.717, 1.165) is 0 Å². The van der Waals surface area contributed by atoms with Crippen LogP contribution in [0.4, 0.5) is 4.39 Å². The number of amides is 1. The van der Waals surface area contributed by atoms with E-state index in [1.165, 1.54) is 36.4 Å². The molecule has 3 aromatic rings. The Kier molecular flexibility index (Phi) is 4.45. The van der Waals surface area contributed by atoms with Gasteiger partial charge in [0, 0.05) is 16.4 Å². The lowest BCUT2D eigenvalue weighted by atomic mass is 10.1. The zero-order chi connectivity index (χ0) is 18.1. The summed E-state index contributed by atoms with van der Waals surface area (Å²) in [6.45, 7) is 0.0845. The second-order valence-electron chi connectivity index (χ2n) is 5.31. The zero-order valence-corrected chi connectivity index (χ0v) is 14.2. The number of halogens is 2. The smallest absolute Gasteiger partial charge is 0.294 e. The van der Waals surface area contributed by atoms with E-state index < -0.39 is 23.2 Å². The van der Waals surface area contributed by atoms with Crippen LogP contribution in [0.1, 0.15) is 15.9 Å². The van der Waals surface area contributed by atoms with Gasteiger partial charge in [-0.1, -0.05) is 34.1 Å². The van der Waals surface area contributed by atoms with Crippen molar-refractivity contribution in [1.82, 2.24) is 10.0 Å². The lowest BCUT2D eigenvalue weighted by Crippen LogP contribution is -2.27. The molecule has 1 amide bonds. The molecule has 0 aliphatic heterocycles. The second kappa shape index (κ2) is 6.56. The van der Waals surface area contributed by atoms with Gasteiger partial charge in [0.05, 0.1) is 5.39 Å². The Hall–Kier alpha value is -2.87. The van der Waals surface area contributed by atoms with E-state index in [9.17, 15) is 24.3 Å². The van der Waals surface area contributed by atoms with Gasteiger partial charge in [-0.2, -0.15) is 0 Å². The number of hydrogen-bond acceptors (Lipinski definition) is 4. The predicted molar refractivity (Wildman–Crippen MR) is 92.3 cm³/mol. The summed E-state index contributed by atoms with van der Waals surface area (Å²) in [5, 5.41) is 22.6. The number of pyridine rings is 1. The van der Waals surface area contributed by atoms with Crippen LogP contribution in [0.5, 0.6) is 5.88 Å². The van der Waals surface area contributed by atoms with E-state index in [1.54, 1.807) is 6.07 Å². The van der Waals surface area contributed by atoms with Gasteiger partial charge in [0.1, 0.15) is 11.4 Å². The molecule has 0 aliphatic rings. The zero-order valence-electron chi connectivity index (χ0n) is 12.7. The third-order valence-corrected chi connectivity index (χ3v) is 4.18. The number of rotatable bonds is 3. The summed E-state index contributed by atoms with van der Waals surface area (Å²) < 4.78 is 13.5. The maximum absolute atomic E-state index is 12.9. The number of carbonyl (C=O) groups is 1. The van der Waals surface area contributed by atoms with Gasteiger partial charge in [-0.05, 0) is 29.8 Å². The Balaban J connectivity index is 2.01. The highest BCUT2D eigenvalue weighted by Gasteiger charge is 2.21. The van der Waals surface area contributed by atoms with Crippen LogP contribution in [-0.2, 0) is 6.54 Å². The van der Waals surface area contributed by atoms with Gasteiger partial charge in [0.15, 0.2) is 0 Å². The van der Waals surface area contributed by atoms with Crippen LogP contribution < -0.4 is 10.9 Å². The summed E-state index contributed by atoms with van der Waals surface area (Å²) >= 11 is 3.21. The molecule has 0 atom stereocenters. The molecule has 3 N–H and O–H groups in total. The van der Waals surface area contributed by atoms with Crippen LogP contribution in [0, 0.1) is 5.82 Å². The Morgan fingerprint density at radius 1 is 1.16 bits per heavy atom. The number of nitrogens with zero attached hydrogens (tertiary/aromatic N) is 1. The summed E-state index contributed by atoms with van der Waals surface area (Å²) in [6.07, 6.45) is 0. The molecule has 3 rings (SSSR count). The van der Waals surface area contributed by atoms with Crippen LogP contribution >= 0.6 is 15.9 Å². The molecule has 0 spiro atoms. The quantitative estimate of drug-likeness (QED) is 0.583. The first kappa shape index (κ1) is 17.0. The Bertz CT molecular complexity index is 1030. The van der Waals surface area contributed by atoms with Crippen molar-refractivity contribution in [2.75, 3.05) is 0 Å². The van der Waals surface area contributed by atoms with E-state index in [1.807, 2.05) is 0 Å². The third-order valence-electron chi connectivity index (χ3n) is 3.69. The standard InChI is InChI=1S/C17H12BrFN2O4/c18-10-3-6-12-13(7-10)16(23)21(25)17(24)14(12)15(22)20-8-9-1-4-11(19)5-2-9/h1-7,24-25H,8H2,(H,20,22). The van der Waals surface area contributed by atoms with Gasteiger partial charge >= 0.3 is 0 Å². The van der Waals surface area contributed by atoms with Crippen molar-refractivity contribution in [1.29, 1.82) is 0 Å². The average molecular weight is 407 g/mol. The summed E-state index contributed by atoms with van der Waals surface area (Å²) in [7, 11) is 0. The fourth-order valence-corrected chi connectivity index (χ4v) is 2.81.